The Morgan fingerprint density at radius 1 is 0.806 bits per heavy atom. The number of benzene rings is 1. The Morgan fingerprint density at radius 3 is 1.84 bits per heavy atom. The van der Waals surface area contributed by atoms with Crippen LogP contribution in [0.1, 0.15) is 121 Å². The molecule has 0 fully saturated rings. The molecule has 0 unspecified atom stereocenters. The highest BCUT2D eigenvalue weighted by Crippen LogP contribution is 2.13. The zero-order valence-corrected chi connectivity index (χ0v) is 21.1. The Bertz CT molecular complexity index is 586. The largest absolute Gasteiger partial charge is 0.361 e. The van der Waals surface area contributed by atoms with Crippen molar-refractivity contribution in [1.29, 1.82) is 0 Å². The van der Waals surface area contributed by atoms with Gasteiger partial charge in [0.2, 0.25) is 0 Å². The van der Waals surface area contributed by atoms with Crippen LogP contribution < -0.4 is 10.7 Å². The maximum absolute atomic E-state index is 5.27. The number of nitrogens with one attached hydrogen (secondary N) is 2. The lowest BCUT2D eigenvalue weighted by Gasteiger charge is -2.07. The maximum atomic E-state index is 5.27. The number of hydrazone groups is 1. The standard InChI is InChI=1S/C27H47N3S/c1-3-4-5-6-7-8-9-10-11-12-13-14-15-16-17-18-22-28-27(31)30-29-24-26-21-19-20-25(2)23-26/h19-21,23-24H,3-18,22H2,1-2H3,(H2,28,30,31)/b29-24-. The first-order chi connectivity index (χ1) is 15.2. The first kappa shape index (κ1) is 27.6. The summed E-state index contributed by atoms with van der Waals surface area (Å²) >= 11 is 5.27. The minimum absolute atomic E-state index is 0.602. The van der Waals surface area contributed by atoms with Gasteiger partial charge in [-0.2, -0.15) is 5.10 Å². The van der Waals surface area contributed by atoms with Crippen molar-refractivity contribution in [2.24, 2.45) is 5.10 Å². The Labute approximate surface area is 197 Å². The number of thiocarbonyl (C=S) groups is 1. The van der Waals surface area contributed by atoms with Gasteiger partial charge in [-0.3, -0.25) is 5.43 Å². The zero-order chi connectivity index (χ0) is 22.4. The fraction of sp³-hybridized carbons (Fsp3) is 0.704. The summed E-state index contributed by atoms with van der Waals surface area (Å²) in [6.45, 7) is 5.29. The van der Waals surface area contributed by atoms with Crippen LogP contribution in [0.5, 0.6) is 0 Å². The first-order valence-electron chi connectivity index (χ1n) is 12.9. The summed E-state index contributed by atoms with van der Waals surface area (Å²) in [4.78, 5) is 0. The van der Waals surface area contributed by atoms with Gasteiger partial charge < -0.3 is 5.32 Å². The maximum Gasteiger partial charge on any atom is 0.186 e. The highest BCUT2D eigenvalue weighted by Gasteiger charge is 1.96. The average Bonchev–Trinajstić information content (AvgIpc) is 2.76. The van der Waals surface area contributed by atoms with E-state index in [0.29, 0.717) is 5.11 Å². The molecular formula is C27H47N3S. The molecule has 3 nitrogen and oxygen atoms in total. The molecule has 0 spiro atoms. The van der Waals surface area contributed by atoms with E-state index in [1.165, 1.54) is 108 Å². The molecule has 31 heavy (non-hydrogen) atoms. The van der Waals surface area contributed by atoms with Gasteiger partial charge in [0.05, 0.1) is 6.21 Å². The van der Waals surface area contributed by atoms with Gasteiger partial charge in [-0.1, -0.05) is 133 Å². The summed E-state index contributed by atoms with van der Waals surface area (Å²) in [6.07, 6.45) is 24.1. The number of unbranched alkanes of at least 4 members (excludes halogenated alkanes) is 15. The summed E-state index contributed by atoms with van der Waals surface area (Å²) in [6, 6.07) is 8.24. The highest BCUT2D eigenvalue weighted by atomic mass is 32.1. The minimum Gasteiger partial charge on any atom is -0.361 e. The highest BCUT2D eigenvalue weighted by molar-refractivity contribution is 7.80. The van der Waals surface area contributed by atoms with Crippen molar-refractivity contribution >= 4 is 23.5 Å². The quantitative estimate of drug-likeness (QED) is 0.0978. The van der Waals surface area contributed by atoms with Gasteiger partial charge in [0.1, 0.15) is 0 Å². The van der Waals surface area contributed by atoms with E-state index in [1.54, 1.807) is 6.21 Å². The van der Waals surface area contributed by atoms with Crippen LogP contribution in [0.25, 0.3) is 0 Å². The molecule has 0 saturated carbocycles. The van der Waals surface area contributed by atoms with E-state index in [2.05, 4.69) is 41.8 Å². The topological polar surface area (TPSA) is 36.4 Å². The van der Waals surface area contributed by atoms with Gasteiger partial charge in [0.15, 0.2) is 5.11 Å². The molecule has 2 N–H and O–H groups in total. The predicted octanol–water partition coefficient (Wildman–Crippen LogP) is 8.05. The third-order valence-electron chi connectivity index (χ3n) is 5.74. The molecule has 0 radical (unpaired) electrons. The van der Waals surface area contributed by atoms with E-state index in [-0.39, 0.29) is 0 Å². The van der Waals surface area contributed by atoms with E-state index in [0.717, 1.165) is 12.1 Å². The molecule has 176 valence electrons. The Hall–Kier alpha value is -1.42. The van der Waals surface area contributed by atoms with Crippen LogP contribution in [-0.4, -0.2) is 17.9 Å². The predicted molar refractivity (Wildman–Crippen MR) is 142 cm³/mol. The van der Waals surface area contributed by atoms with Gasteiger partial charge in [-0.25, -0.2) is 0 Å². The molecule has 0 atom stereocenters. The van der Waals surface area contributed by atoms with E-state index in [1.807, 2.05) is 12.1 Å². The SMILES string of the molecule is CCCCCCCCCCCCCCCCCCNC(=S)N/N=C\c1cccc(C)c1. The number of hydrogen-bond acceptors (Lipinski definition) is 2. The van der Waals surface area contributed by atoms with E-state index in [9.17, 15) is 0 Å². The summed E-state index contributed by atoms with van der Waals surface area (Å²) < 4.78 is 0. The van der Waals surface area contributed by atoms with Gasteiger partial charge in [-0.05, 0) is 31.1 Å². The second-order valence-corrected chi connectivity index (χ2v) is 9.25. The molecule has 0 amide bonds. The molecule has 0 saturated heterocycles. The van der Waals surface area contributed by atoms with Gasteiger partial charge in [-0.15, -0.1) is 0 Å². The third-order valence-corrected chi connectivity index (χ3v) is 5.97. The van der Waals surface area contributed by atoms with Crippen molar-refractivity contribution in [3.63, 3.8) is 0 Å². The van der Waals surface area contributed by atoms with Crippen LogP contribution >= 0.6 is 12.2 Å². The molecular weight excluding hydrogens is 398 g/mol. The fourth-order valence-corrected chi connectivity index (χ4v) is 3.99. The van der Waals surface area contributed by atoms with Crippen LogP contribution in [0, 0.1) is 6.92 Å². The Kier molecular flexibility index (Phi) is 18.2. The summed E-state index contributed by atoms with van der Waals surface area (Å²) in [5, 5.41) is 8.04. The van der Waals surface area contributed by atoms with Crippen molar-refractivity contribution in [1.82, 2.24) is 10.7 Å². The van der Waals surface area contributed by atoms with Crippen molar-refractivity contribution in [2.45, 2.75) is 117 Å². The molecule has 0 aliphatic rings. The molecule has 1 aromatic carbocycles. The fourth-order valence-electron chi connectivity index (χ4n) is 3.83. The number of aryl methyl sites for hydroxylation is 1. The Balaban J connectivity index is 1.80. The van der Waals surface area contributed by atoms with E-state index >= 15 is 0 Å². The molecule has 1 rings (SSSR count). The Morgan fingerprint density at radius 2 is 1.32 bits per heavy atom. The second-order valence-electron chi connectivity index (χ2n) is 8.84. The van der Waals surface area contributed by atoms with Gasteiger partial charge in [0, 0.05) is 6.54 Å². The zero-order valence-electron chi connectivity index (χ0n) is 20.3. The lowest BCUT2D eigenvalue weighted by molar-refractivity contribution is 0.529. The molecule has 4 heteroatoms. The van der Waals surface area contributed by atoms with Crippen LogP contribution in [0.15, 0.2) is 29.4 Å². The van der Waals surface area contributed by atoms with Crippen LogP contribution in [0.3, 0.4) is 0 Å². The molecule has 0 aromatic heterocycles. The lowest BCUT2D eigenvalue weighted by atomic mass is 10.0. The lowest BCUT2D eigenvalue weighted by Crippen LogP contribution is -2.32. The summed E-state index contributed by atoms with van der Waals surface area (Å²) in [5.74, 6) is 0. The summed E-state index contributed by atoms with van der Waals surface area (Å²) in [5.41, 5.74) is 5.20. The van der Waals surface area contributed by atoms with Crippen molar-refractivity contribution in [3.8, 4) is 0 Å². The summed E-state index contributed by atoms with van der Waals surface area (Å²) in [7, 11) is 0. The average molecular weight is 446 g/mol. The van der Waals surface area contributed by atoms with Gasteiger partial charge in [0.25, 0.3) is 0 Å². The smallest absolute Gasteiger partial charge is 0.186 e. The van der Waals surface area contributed by atoms with E-state index in [4.69, 9.17) is 12.2 Å². The van der Waals surface area contributed by atoms with E-state index < -0.39 is 0 Å². The molecule has 0 bridgehead atoms. The van der Waals surface area contributed by atoms with Crippen molar-refractivity contribution in [3.05, 3.63) is 35.4 Å². The van der Waals surface area contributed by atoms with Crippen molar-refractivity contribution < 1.29 is 0 Å². The monoisotopic (exact) mass is 445 g/mol. The molecule has 0 aliphatic carbocycles. The normalized spacial score (nSPS) is 11.2. The van der Waals surface area contributed by atoms with Crippen LogP contribution in [-0.2, 0) is 0 Å². The van der Waals surface area contributed by atoms with Gasteiger partial charge >= 0.3 is 0 Å². The molecule has 0 heterocycles. The van der Waals surface area contributed by atoms with Crippen LogP contribution in [0.4, 0.5) is 0 Å². The number of hydrogen-bond donors (Lipinski definition) is 2. The second kappa shape index (κ2) is 20.5. The van der Waals surface area contributed by atoms with Crippen LogP contribution in [0.2, 0.25) is 0 Å². The molecule has 0 aliphatic heterocycles. The first-order valence-corrected chi connectivity index (χ1v) is 13.3. The van der Waals surface area contributed by atoms with Crippen molar-refractivity contribution in [2.75, 3.05) is 6.54 Å². The molecule has 1 aromatic rings. The number of nitrogens with zero attached hydrogens (tertiary/aromatic N) is 1. The third kappa shape index (κ3) is 17.9. The minimum atomic E-state index is 0.602. The number of rotatable bonds is 19.